The highest BCUT2D eigenvalue weighted by Crippen LogP contribution is 2.52. The third-order valence-corrected chi connectivity index (χ3v) is 6.25. The minimum absolute atomic E-state index is 0.0137. The number of amides is 1. The number of carbonyl (C=O) groups is 2. The van der Waals surface area contributed by atoms with Gasteiger partial charge in [0, 0.05) is 29.8 Å². The highest BCUT2D eigenvalue weighted by Gasteiger charge is 2.53. The molecular formula is C19H24N2O5. The van der Waals surface area contributed by atoms with Crippen LogP contribution in [0.5, 0.6) is 5.88 Å². The smallest absolute Gasteiger partial charge is 0.309 e. The second-order valence-corrected chi connectivity index (χ2v) is 7.81. The highest BCUT2D eigenvalue weighted by molar-refractivity contribution is 5.95. The molecule has 0 radical (unpaired) electrons. The van der Waals surface area contributed by atoms with E-state index in [-0.39, 0.29) is 17.6 Å². The van der Waals surface area contributed by atoms with E-state index >= 15 is 0 Å². The molecule has 1 aromatic rings. The second-order valence-electron chi connectivity index (χ2n) is 7.81. The van der Waals surface area contributed by atoms with Gasteiger partial charge in [0.1, 0.15) is 6.10 Å². The van der Waals surface area contributed by atoms with Gasteiger partial charge in [0.15, 0.2) is 0 Å². The van der Waals surface area contributed by atoms with Crippen LogP contribution in [0, 0.1) is 5.41 Å². The Hall–Kier alpha value is -2.15. The number of aromatic nitrogens is 1. The van der Waals surface area contributed by atoms with Crippen molar-refractivity contribution in [3.8, 4) is 5.88 Å². The first-order chi connectivity index (χ1) is 12.5. The molecule has 4 fully saturated rings. The first-order valence-corrected chi connectivity index (χ1v) is 9.27. The second kappa shape index (κ2) is 6.54. The molecule has 3 saturated carbocycles. The van der Waals surface area contributed by atoms with E-state index in [9.17, 15) is 14.7 Å². The van der Waals surface area contributed by atoms with E-state index in [1.807, 2.05) is 0 Å². The molecular weight excluding hydrogens is 336 g/mol. The molecule has 1 atom stereocenters. The van der Waals surface area contributed by atoms with Gasteiger partial charge in [-0.2, -0.15) is 0 Å². The molecule has 1 amide bonds. The van der Waals surface area contributed by atoms with Crippen LogP contribution in [0.25, 0.3) is 0 Å². The molecule has 2 N–H and O–H groups in total. The molecule has 1 saturated heterocycles. The number of aliphatic carboxylic acids is 1. The molecule has 1 aliphatic heterocycles. The van der Waals surface area contributed by atoms with Gasteiger partial charge in [0.25, 0.3) is 5.91 Å². The van der Waals surface area contributed by atoms with Gasteiger partial charge in [0.2, 0.25) is 5.88 Å². The number of carboxylic acids is 1. The lowest BCUT2D eigenvalue weighted by molar-refractivity contribution is -0.156. The summed E-state index contributed by atoms with van der Waals surface area (Å²) >= 11 is 0. The van der Waals surface area contributed by atoms with E-state index in [2.05, 4.69) is 10.3 Å². The maximum Gasteiger partial charge on any atom is 0.309 e. The summed E-state index contributed by atoms with van der Waals surface area (Å²) in [5, 5.41) is 12.7. The first-order valence-electron chi connectivity index (χ1n) is 9.27. The molecule has 3 aliphatic carbocycles. The van der Waals surface area contributed by atoms with Gasteiger partial charge >= 0.3 is 5.97 Å². The van der Waals surface area contributed by atoms with Gasteiger partial charge in [-0.15, -0.1) is 0 Å². The van der Waals surface area contributed by atoms with Crippen molar-refractivity contribution in [2.24, 2.45) is 5.41 Å². The largest absolute Gasteiger partial charge is 0.481 e. The third kappa shape index (κ3) is 3.16. The topological polar surface area (TPSA) is 97.8 Å². The molecule has 26 heavy (non-hydrogen) atoms. The lowest BCUT2D eigenvalue weighted by Gasteiger charge is -2.51. The average molecular weight is 360 g/mol. The Balaban J connectivity index is 1.42. The van der Waals surface area contributed by atoms with Gasteiger partial charge in [-0.05, 0) is 44.6 Å². The van der Waals surface area contributed by atoms with E-state index < -0.39 is 11.4 Å². The van der Waals surface area contributed by atoms with E-state index in [1.54, 1.807) is 18.3 Å². The van der Waals surface area contributed by atoms with Crippen LogP contribution in [0.3, 0.4) is 0 Å². The van der Waals surface area contributed by atoms with Crippen LogP contribution in [0.4, 0.5) is 0 Å². The number of pyridine rings is 1. The van der Waals surface area contributed by atoms with Crippen LogP contribution < -0.4 is 10.1 Å². The molecule has 4 aliphatic rings. The normalized spacial score (nSPS) is 33.0. The van der Waals surface area contributed by atoms with Crippen molar-refractivity contribution in [2.45, 2.75) is 56.6 Å². The first kappa shape index (κ1) is 17.3. The van der Waals surface area contributed by atoms with Crippen LogP contribution >= 0.6 is 0 Å². The molecule has 2 bridgehead atoms. The molecule has 7 heteroatoms. The fourth-order valence-electron chi connectivity index (χ4n) is 4.40. The number of nitrogens with one attached hydrogen (secondary N) is 1. The summed E-state index contributed by atoms with van der Waals surface area (Å²) in [7, 11) is 0. The minimum atomic E-state index is -0.691. The number of hydrogen-bond donors (Lipinski definition) is 2. The van der Waals surface area contributed by atoms with Crippen LogP contribution in [0.2, 0.25) is 0 Å². The van der Waals surface area contributed by atoms with E-state index in [0.29, 0.717) is 43.9 Å². The maximum atomic E-state index is 12.8. The van der Waals surface area contributed by atoms with Crippen molar-refractivity contribution in [1.29, 1.82) is 0 Å². The summed E-state index contributed by atoms with van der Waals surface area (Å²) in [6, 6.07) is 3.34. The molecule has 7 nitrogen and oxygen atoms in total. The van der Waals surface area contributed by atoms with Crippen LogP contribution in [-0.4, -0.2) is 46.8 Å². The zero-order valence-electron chi connectivity index (χ0n) is 14.7. The molecule has 2 heterocycles. The lowest BCUT2D eigenvalue weighted by Crippen LogP contribution is -2.58. The van der Waals surface area contributed by atoms with Gasteiger partial charge in [-0.1, -0.05) is 0 Å². The van der Waals surface area contributed by atoms with Gasteiger partial charge in [-0.25, -0.2) is 4.98 Å². The highest BCUT2D eigenvalue weighted by atomic mass is 16.5. The molecule has 0 spiro atoms. The Morgan fingerprint density at radius 2 is 1.96 bits per heavy atom. The number of carboxylic acid groups (broad SMARTS) is 1. The quantitative estimate of drug-likeness (QED) is 0.835. The molecule has 140 valence electrons. The number of carbonyl (C=O) groups excluding carboxylic acids is 1. The fraction of sp³-hybridized carbons (Fsp3) is 0.632. The molecule has 1 aromatic heterocycles. The van der Waals surface area contributed by atoms with E-state index in [4.69, 9.17) is 9.47 Å². The van der Waals surface area contributed by atoms with Crippen molar-refractivity contribution < 1.29 is 24.2 Å². The van der Waals surface area contributed by atoms with Crippen LogP contribution in [0.1, 0.15) is 55.3 Å². The van der Waals surface area contributed by atoms with Crippen molar-refractivity contribution in [3.63, 3.8) is 0 Å². The third-order valence-electron chi connectivity index (χ3n) is 6.25. The SMILES string of the molecule is O=C(NC12CCC(C(=O)O)(CC1)CC2)c1ccnc(OC2CCOC2)c1. The van der Waals surface area contributed by atoms with Crippen LogP contribution in [0.15, 0.2) is 18.3 Å². The fourth-order valence-corrected chi connectivity index (χ4v) is 4.40. The number of hydrogen-bond acceptors (Lipinski definition) is 5. The summed E-state index contributed by atoms with van der Waals surface area (Å²) in [5.41, 5.74) is -0.338. The Bertz CT molecular complexity index is 689. The number of fused-ring (bicyclic) bond motifs is 3. The lowest BCUT2D eigenvalue weighted by atomic mass is 9.57. The summed E-state index contributed by atoms with van der Waals surface area (Å²) in [4.78, 5) is 28.5. The number of rotatable bonds is 5. The Labute approximate surface area is 152 Å². The summed E-state index contributed by atoms with van der Waals surface area (Å²) < 4.78 is 11.1. The minimum Gasteiger partial charge on any atom is -0.481 e. The predicted octanol–water partition coefficient (Wildman–Crippen LogP) is 2.16. The summed E-state index contributed by atoms with van der Waals surface area (Å²) in [6.07, 6.45) is 6.46. The van der Waals surface area contributed by atoms with Gasteiger partial charge in [-0.3, -0.25) is 9.59 Å². The standard InChI is InChI=1S/C19H24N2O5/c22-16(13-1-9-20-15(11-13)26-14-2-10-25-12-14)21-19-6-3-18(4-7-19,5-8-19)17(23)24/h1,9,11,14H,2-8,10,12H2,(H,21,22)(H,23,24). The molecule has 5 rings (SSSR count). The Kier molecular flexibility index (Phi) is 4.34. The molecule has 0 aromatic carbocycles. The number of nitrogens with zero attached hydrogens (tertiary/aromatic N) is 1. The summed E-state index contributed by atoms with van der Waals surface area (Å²) in [5.74, 6) is -0.406. The Morgan fingerprint density at radius 1 is 1.23 bits per heavy atom. The van der Waals surface area contributed by atoms with E-state index in [1.165, 1.54) is 0 Å². The zero-order valence-corrected chi connectivity index (χ0v) is 14.7. The predicted molar refractivity (Wildman–Crippen MR) is 92.1 cm³/mol. The van der Waals surface area contributed by atoms with Gasteiger partial charge in [0.05, 0.1) is 18.6 Å². The van der Waals surface area contributed by atoms with Gasteiger partial charge < -0.3 is 19.9 Å². The Morgan fingerprint density at radius 3 is 2.58 bits per heavy atom. The van der Waals surface area contributed by atoms with E-state index in [0.717, 1.165) is 25.7 Å². The van der Waals surface area contributed by atoms with Crippen molar-refractivity contribution >= 4 is 11.9 Å². The monoisotopic (exact) mass is 360 g/mol. The average Bonchev–Trinajstić information content (AvgIpc) is 3.16. The van der Waals surface area contributed by atoms with Crippen molar-refractivity contribution in [3.05, 3.63) is 23.9 Å². The number of ether oxygens (including phenoxy) is 2. The maximum absolute atomic E-state index is 12.8. The zero-order chi connectivity index (χ0) is 18.2. The van der Waals surface area contributed by atoms with Crippen molar-refractivity contribution in [1.82, 2.24) is 10.3 Å². The van der Waals surface area contributed by atoms with Crippen LogP contribution in [-0.2, 0) is 9.53 Å². The molecule has 1 unspecified atom stereocenters. The van der Waals surface area contributed by atoms with Crippen molar-refractivity contribution in [2.75, 3.05) is 13.2 Å². The summed E-state index contributed by atoms with van der Waals surface area (Å²) in [6.45, 7) is 1.23.